The zero-order valence-corrected chi connectivity index (χ0v) is 11.7. The van der Waals surface area contributed by atoms with Gasteiger partial charge in [-0.3, -0.25) is 9.59 Å². The Morgan fingerprint density at radius 2 is 1.91 bits per heavy atom. The second kappa shape index (κ2) is 4.04. The number of imide groups is 1. The van der Waals surface area contributed by atoms with E-state index in [1.165, 1.54) is 24.3 Å². The van der Waals surface area contributed by atoms with Crippen LogP contribution in [0, 0.1) is 11.8 Å². The molecule has 0 aliphatic carbocycles. The Bertz CT molecular complexity index is 737. The van der Waals surface area contributed by atoms with Crippen LogP contribution in [0.5, 0.6) is 0 Å². The molecule has 2 fully saturated rings. The van der Waals surface area contributed by atoms with Crippen molar-refractivity contribution in [2.75, 3.05) is 4.90 Å². The number of nitrogens with zero attached hydrogens (tertiary/aromatic N) is 1. The summed E-state index contributed by atoms with van der Waals surface area (Å²) in [5.41, 5.74) is -0.362. The second-order valence-corrected chi connectivity index (χ2v) is 5.98. The minimum atomic E-state index is -1.30. The number of benzene rings is 1. The normalized spacial score (nSPS) is 35.3. The van der Waals surface area contributed by atoms with Crippen molar-refractivity contribution in [2.24, 2.45) is 11.8 Å². The van der Waals surface area contributed by atoms with E-state index >= 15 is 0 Å². The molecule has 112 valence electrons. The van der Waals surface area contributed by atoms with Crippen LogP contribution in [0.4, 0.5) is 5.69 Å². The fourth-order valence-electron chi connectivity index (χ4n) is 3.65. The van der Waals surface area contributed by atoms with E-state index in [1.807, 2.05) is 19.1 Å². The lowest BCUT2D eigenvalue weighted by Crippen LogP contribution is -2.38. The number of hydrogen-bond acceptors (Lipinski definition) is 5. The average molecular weight is 298 g/mol. The number of anilines is 1. The molecule has 22 heavy (non-hydrogen) atoms. The van der Waals surface area contributed by atoms with Gasteiger partial charge in [-0.15, -0.1) is 0 Å². The summed E-state index contributed by atoms with van der Waals surface area (Å²) in [4.78, 5) is 37.2. The molecule has 1 aromatic carbocycles. The van der Waals surface area contributed by atoms with Gasteiger partial charge in [0.05, 0.1) is 35.2 Å². The van der Waals surface area contributed by atoms with Crippen molar-refractivity contribution in [2.45, 2.75) is 18.6 Å². The number of carbonyl (C=O) groups excluding carboxylic acids is 3. The lowest BCUT2D eigenvalue weighted by molar-refractivity contribution is -0.255. The van der Waals surface area contributed by atoms with E-state index in [-0.39, 0.29) is 23.5 Å². The summed E-state index contributed by atoms with van der Waals surface area (Å²) in [6, 6.07) is 5.54. The smallest absolute Gasteiger partial charge is 0.241 e. The number of rotatable bonds is 2. The van der Waals surface area contributed by atoms with Crippen molar-refractivity contribution in [1.82, 2.24) is 0 Å². The summed E-state index contributed by atoms with van der Waals surface area (Å²) < 4.78 is 5.74. The van der Waals surface area contributed by atoms with Crippen LogP contribution in [0.1, 0.15) is 17.3 Å². The highest BCUT2D eigenvalue weighted by molar-refractivity contribution is 6.23. The van der Waals surface area contributed by atoms with Crippen LogP contribution in [0.15, 0.2) is 36.4 Å². The molecule has 0 saturated carbocycles. The van der Waals surface area contributed by atoms with Crippen molar-refractivity contribution in [1.29, 1.82) is 0 Å². The van der Waals surface area contributed by atoms with E-state index in [2.05, 4.69) is 0 Å². The number of carbonyl (C=O) groups is 3. The number of ether oxygens (including phenoxy) is 1. The maximum absolute atomic E-state index is 12.7. The Hall–Kier alpha value is -2.47. The molecular formula is C16H12NO5-. The highest BCUT2D eigenvalue weighted by atomic mass is 16.5. The lowest BCUT2D eigenvalue weighted by Gasteiger charge is -2.24. The first-order chi connectivity index (χ1) is 10.4. The monoisotopic (exact) mass is 298 g/mol. The molecule has 6 heteroatoms. The summed E-state index contributed by atoms with van der Waals surface area (Å²) in [5.74, 6) is -2.91. The number of fused-ring (bicyclic) bond motifs is 5. The van der Waals surface area contributed by atoms with Crippen LogP contribution in [0.2, 0.25) is 0 Å². The van der Waals surface area contributed by atoms with E-state index in [0.717, 1.165) is 4.90 Å². The number of carboxylic acid groups (broad SMARTS) is 1. The quantitative estimate of drug-likeness (QED) is 0.561. The number of amides is 2. The van der Waals surface area contributed by atoms with Crippen molar-refractivity contribution in [3.63, 3.8) is 0 Å². The highest BCUT2D eigenvalue weighted by Crippen LogP contribution is 2.52. The average Bonchev–Trinajstić information content (AvgIpc) is 3.08. The van der Waals surface area contributed by atoms with Gasteiger partial charge < -0.3 is 14.6 Å². The van der Waals surface area contributed by atoms with Crippen LogP contribution in [-0.4, -0.2) is 29.5 Å². The minimum absolute atomic E-state index is 0.0000651. The molecule has 0 unspecified atom stereocenters. The van der Waals surface area contributed by atoms with Gasteiger partial charge in [0.1, 0.15) is 0 Å². The van der Waals surface area contributed by atoms with E-state index in [1.54, 1.807) is 0 Å². The van der Waals surface area contributed by atoms with E-state index in [9.17, 15) is 19.5 Å². The molecule has 2 saturated heterocycles. The Kier molecular flexibility index (Phi) is 2.43. The largest absolute Gasteiger partial charge is 0.545 e. The maximum atomic E-state index is 12.7. The van der Waals surface area contributed by atoms with Crippen molar-refractivity contribution >= 4 is 23.5 Å². The zero-order chi connectivity index (χ0) is 15.6. The van der Waals surface area contributed by atoms with Crippen molar-refractivity contribution in [3.8, 4) is 0 Å². The standard InChI is InChI=1S/C16H13NO5/c1-16-7-6-10(22-16)11-12(16)14(19)17(13(11)18)9-4-2-8(3-5-9)15(20)21/h2-7,10-12H,1H3,(H,20,21)/p-1/t10-,11-,12-,16-/m1/s1. The second-order valence-electron chi connectivity index (χ2n) is 5.98. The molecule has 6 nitrogen and oxygen atoms in total. The Morgan fingerprint density at radius 3 is 2.50 bits per heavy atom. The van der Waals surface area contributed by atoms with Gasteiger partial charge in [-0.1, -0.05) is 24.3 Å². The number of carboxylic acids is 1. The van der Waals surface area contributed by atoms with Crippen LogP contribution in [0.25, 0.3) is 0 Å². The van der Waals surface area contributed by atoms with Gasteiger partial charge in [-0.2, -0.15) is 0 Å². The summed E-state index contributed by atoms with van der Waals surface area (Å²) in [7, 11) is 0. The fourth-order valence-corrected chi connectivity index (χ4v) is 3.65. The lowest BCUT2D eigenvalue weighted by atomic mass is 9.78. The van der Waals surface area contributed by atoms with E-state index in [0.29, 0.717) is 5.69 Å². The molecular weight excluding hydrogens is 286 g/mol. The summed E-state index contributed by atoms with van der Waals surface area (Å²) >= 11 is 0. The molecule has 0 spiro atoms. The maximum Gasteiger partial charge on any atom is 0.241 e. The third kappa shape index (κ3) is 1.50. The molecule has 4 rings (SSSR count). The third-order valence-corrected chi connectivity index (χ3v) is 4.69. The van der Waals surface area contributed by atoms with E-state index in [4.69, 9.17) is 4.74 Å². The summed E-state index contributed by atoms with van der Waals surface area (Å²) in [6.07, 6.45) is 3.31. The zero-order valence-electron chi connectivity index (χ0n) is 11.7. The van der Waals surface area contributed by atoms with Crippen LogP contribution in [-0.2, 0) is 14.3 Å². The predicted molar refractivity (Wildman–Crippen MR) is 72.7 cm³/mol. The topological polar surface area (TPSA) is 86.7 Å². The van der Waals surface area contributed by atoms with Gasteiger partial charge >= 0.3 is 0 Å². The number of aromatic carboxylic acids is 1. The SMILES string of the molecule is C[C@]12C=C[C@@H](O1)[C@H]1C(=O)N(c3ccc(C(=O)[O-])cc3)C(=O)[C@@H]12. The molecule has 3 aliphatic heterocycles. The van der Waals surface area contributed by atoms with Gasteiger partial charge in [0.25, 0.3) is 0 Å². The van der Waals surface area contributed by atoms with Gasteiger partial charge in [-0.25, -0.2) is 4.90 Å². The first kappa shape index (κ1) is 13.2. The Labute approximate surface area is 126 Å². The molecule has 1 aromatic rings. The highest BCUT2D eigenvalue weighted by Gasteiger charge is 2.65. The van der Waals surface area contributed by atoms with Crippen LogP contribution >= 0.6 is 0 Å². The van der Waals surface area contributed by atoms with Gasteiger partial charge in [0.15, 0.2) is 0 Å². The molecule has 0 radical (unpaired) electrons. The van der Waals surface area contributed by atoms with Gasteiger partial charge in [0.2, 0.25) is 11.8 Å². The van der Waals surface area contributed by atoms with Crippen LogP contribution in [0.3, 0.4) is 0 Å². The van der Waals surface area contributed by atoms with E-state index < -0.39 is 23.4 Å². The molecule has 3 heterocycles. The minimum Gasteiger partial charge on any atom is -0.545 e. The molecule has 2 bridgehead atoms. The van der Waals surface area contributed by atoms with Crippen molar-refractivity contribution < 1.29 is 24.2 Å². The third-order valence-electron chi connectivity index (χ3n) is 4.69. The van der Waals surface area contributed by atoms with Gasteiger partial charge in [-0.05, 0) is 24.6 Å². The Balaban J connectivity index is 1.71. The molecule has 0 aromatic heterocycles. The molecule has 4 atom stereocenters. The predicted octanol–water partition coefficient (Wildman–Crippen LogP) is -0.117. The first-order valence-electron chi connectivity index (χ1n) is 6.99. The Morgan fingerprint density at radius 1 is 1.23 bits per heavy atom. The first-order valence-corrected chi connectivity index (χ1v) is 6.99. The number of hydrogen-bond donors (Lipinski definition) is 0. The summed E-state index contributed by atoms with van der Waals surface area (Å²) in [5, 5.41) is 10.8. The fraction of sp³-hybridized carbons (Fsp3) is 0.312. The summed E-state index contributed by atoms with van der Waals surface area (Å²) in [6.45, 7) is 1.81. The molecule has 2 amide bonds. The van der Waals surface area contributed by atoms with Crippen molar-refractivity contribution in [3.05, 3.63) is 42.0 Å². The van der Waals surface area contributed by atoms with Gasteiger partial charge in [0, 0.05) is 0 Å². The molecule has 0 N–H and O–H groups in total. The molecule has 3 aliphatic rings. The van der Waals surface area contributed by atoms with Crippen LogP contribution < -0.4 is 10.0 Å².